The first-order valence-electron chi connectivity index (χ1n) is 9.41. The van der Waals surface area contributed by atoms with Crippen LogP contribution in [0, 0.1) is 13.8 Å². The van der Waals surface area contributed by atoms with Crippen molar-refractivity contribution >= 4 is 16.9 Å². The Hall–Kier alpha value is -3.80. The molecule has 6 heteroatoms. The Labute approximate surface area is 172 Å². The minimum absolute atomic E-state index is 0.127. The number of carbonyl (C=O) groups is 1. The average Bonchev–Trinajstić information content (AvgIpc) is 3.13. The Morgan fingerprint density at radius 3 is 2.50 bits per heavy atom. The van der Waals surface area contributed by atoms with E-state index in [0.29, 0.717) is 17.1 Å². The minimum Gasteiger partial charge on any atom is -0.488 e. The summed E-state index contributed by atoms with van der Waals surface area (Å²) >= 11 is 0. The predicted octanol–water partition coefficient (Wildman–Crippen LogP) is 5.04. The van der Waals surface area contributed by atoms with Crippen molar-refractivity contribution in [1.82, 2.24) is 0 Å². The van der Waals surface area contributed by atoms with Crippen molar-refractivity contribution in [3.05, 3.63) is 87.7 Å². The van der Waals surface area contributed by atoms with Crippen LogP contribution in [0.25, 0.3) is 22.1 Å². The number of esters is 1. The van der Waals surface area contributed by atoms with Crippen LogP contribution in [0.2, 0.25) is 0 Å². The van der Waals surface area contributed by atoms with Crippen LogP contribution in [0.3, 0.4) is 0 Å². The summed E-state index contributed by atoms with van der Waals surface area (Å²) < 4.78 is 21.6. The van der Waals surface area contributed by atoms with E-state index in [1.807, 2.05) is 49.4 Å². The van der Waals surface area contributed by atoms with Gasteiger partial charge in [0.15, 0.2) is 0 Å². The van der Waals surface area contributed by atoms with Gasteiger partial charge in [-0.15, -0.1) is 0 Å². The first kappa shape index (κ1) is 19.5. The van der Waals surface area contributed by atoms with Gasteiger partial charge in [0.2, 0.25) is 5.76 Å². The van der Waals surface area contributed by atoms with Gasteiger partial charge in [0, 0.05) is 22.6 Å². The molecule has 0 N–H and O–H groups in total. The summed E-state index contributed by atoms with van der Waals surface area (Å²) in [4.78, 5) is 23.8. The lowest BCUT2D eigenvalue weighted by atomic mass is 10.0. The zero-order chi connectivity index (χ0) is 21.3. The van der Waals surface area contributed by atoms with Gasteiger partial charge in [0.1, 0.15) is 23.7 Å². The number of methoxy groups -OCH3 is 1. The van der Waals surface area contributed by atoms with E-state index in [1.54, 1.807) is 13.0 Å². The third-order valence-corrected chi connectivity index (χ3v) is 4.99. The number of ether oxygens (including phenoxy) is 2. The number of hydrogen-bond donors (Lipinski definition) is 0. The zero-order valence-corrected chi connectivity index (χ0v) is 16.9. The van der Waals surface area contributed by atoms with Crippen molar-refractivity contribution in [3.63, 3.8) is 0 Å². The van der Waals surface area contributed by atoms with Gasteiger partial charge in [-0.25, -0.2) is 9.59 Å². The van der Waals surface area contributed by atoms with E-state index < -0.39 is 11.6 Å². The molecule has 0 bridgehead atoms. The molecule has 2 aromatic heterocycles. The highest BCUT2D eigenvalue weighted by molar-refractivity contribution is 5.95. The molecule has 30 heavy (non-hydrogen) atoms. The summed E-state index contributed by atoms with van der Waals surface area (Å²) in [6.45, 7) is 3.79. The van der Waals surface area contributed by atoms with Crippen molar-refractivity contribution < 1.29 is 23.1 Å². The van der Waals surface area contributed by atoms with Crippen LogP contribution >= 0.6 is 0 Å². The average molecular weight is 404 g/mol. The van der Waals surface area contributed by atoms with E-state index >= 15 is 0 Å². The van der Waals surface area contributed by atoms with E-state index in [0.717, 1.165) is 27.6 Å². The van der Waals surface area contributed by atoms with Crippen molar-refractivity contribution in [2.45, 2.75) is 20.5 Å². The molecule has 0 aliphatic carbocycles. The number of furan rings is 1. The fraction of sp³-hybridized carbons (Fsp3) is 0.167. The number of benzene rings is 2. The molecule has 0 aliphatic rings. The molecule has 0 amide bonds. The largest absolute Gasteiger partial charge is 0.488 e. The minimum atomic E-state index is -0.540. The van der Waals surface area contributed by atoms with Gasteiger partial charge in [-0.05, 0) is 43.2 Å². The molecule has 0 unspecified atom stereocenters. The Morgan fingerprint density at radius 1 is 1.00 bits per heavy atom. The molecule has 0 saturated heterocycles. The smallest absolute Gasteiger partial charge is 0.373 e. The van der Waals surface area contributed by atoms with Crippen LogP contribution in [-0.2, 0) is 11.3 Å². The molecule has 0 atom stereocenters. The fourth-order valence-corrected chi connectivity index (χ4v) is 3.38. The molecular weight excluding hydrogens is 384 g/mol. The molecule has 4 rings (SSSR count). The summed E-state index contributed by atoms with van der Waals surface area (Å²) in [6, 6.07) is 16.5. The summed E-state index contributed by atoms with van der Waals surface area (Å²) in [7, 11) is 1.30. The highest BCUT2D eigenvalue weighted by Crippen LogP contribution is 2.33. The molecule has 152 valence electrons. The maximum atomic E-state index is 12.2. The second-order valence-corrected chi connectivity index (χ2v) is 6.88. The second-order valence-electron chi connectivity index (χ2n) is 6.88. The summed E-state index contributed by atoms with van der Waals surface area (Å²) in [5.74, 6) is 0.742. The summed E-state index contributed by atoms with van der Waals surface area (Å²) in [5.41, 5.74) is 3.26. The van der Waals surface area contributed by atoms with E-state index in [2.05, 4.69) is 4.74 Å². The third-order valence-electron chi connectivity index (χ3n) is 4.99. The van der Waals surface area contributed by atoms with Crippen LogP contribution < -0.4 is 10.4 Å². The number of aryl methyl sites for hydroxylation is 2. The van der Waals surface area contributed by atoms with E-state index in [-0.39, 0.29) is 12.4 Å². The Morgan fingerprint density at radius 2 is 1.77 bits per heavy atom. The molecule has 0 fully saturated rings. The number of hydrogen-bond acceptors (Lipinski definition) is 6. The van der Waals surface area contributed by atoms with Gasteiger partial charge in [-0.2, -0.15) is 0 Å². The first-order chi connectivity index (χ1) is 14.5. The van der Waals surface area contributed by atoms with Crippen LogP contribution in [0.15, 0.2) is 68.2 Å². The normalized spacial score (nSPS) is 10.9. The van der Waals surface area contributed by atoms with E-state index in [4.69, 9.17) is 13.6 Å². The summed E-state index contributed by atoms with van der Waals surface area (Å²) in [5, 5.41) is 0.832. The number of fused-ring (bicyclic) bond motifs is 1. The zero-order valence-electron chi connectivity index (χ0n) is 16.9. The third kappa shape index (κ3) is 3.59. The molecule has 0 radical (unpaired) electrons. The molecule has 6 nitrogen and oxygen atoms in total. The molecule has 2 aromatic carbocycles. The van der Waals surface area contributed by atoms with Crippen molar-refractivity contribution in [2.75, 3.05) is 7.11 Å². The number of carbonyl (C=O) groups excluding carboxylic acids is 1. The predicted molar refractivity (Wildman–Crippen MR) is 112 cm³/mol. The van der Waals surface area contributed by atoms with Gasteiger partial charge in [0.05, 0.1) is 7.11 Å². The van der Waals surface area contributed by atoms with Crippen molar-refractivity contribution in [3.8, 4) is 16.9 Å². The first-order valence-corrected chi connectivity index (χ1v) is 9.41. The molecule has 4 aromatic rings. The lowest BCUT2D eigenvalue weighted by Gasteiger charge is -2.12. The van der Waals surface area contributed by atoms with Gasteiger partial charge in [-0.1, -0.05) is 30.3 Å². The maximum Gasteiger partial charge on any atom is 0.373 e. The maximum absolute atomic E-state index is 12.2. The number of rotatable bonds is 5. The van der Waals surface area contributed by atoms with Crippen molar-refractivity contribution in [1.29, 1.82) is 0 Å². The highest BCUT2D eigenvalue weighted by Gasteiger charge is 2.17. The van der Waals surface area contributed by atoms with Gasteiger partial charge >= 0.3 is 11.6 Å². The monoisotopic (exact) mass is 404 g/mol. The van der Waals surface area contributed by atoms with E-state index in [1.165, 1.54) is 13.2 Å². The SMILES string of the molecule is COC(=O)c1cc(COc2ccc3c(-c4ccccc4)cc(=O)oc3c2C)c(C)o1. The van der Waals surface area contributed by atoms with Gasteiger partial charge < -0.3 is 18.3 Å². The second kappa shape index (κ2) is 7.91. The van der Waals surface area contributed by atoms with Gasteiger partial charge in [0.25, 0.3) is 0 Å². The van der Waals surface area contributed by atoms with Crippen LogP contribution in [0.1, 0.15) is 27.4 Å². The van der Waals surface area contributed by atoms with Crippen molar-refractivity contribution in [2.24, 2.45) is 0 Å². The van der Waals surface area contributed by atoms with Gasteiger partial charge in [-0.3, -0.25) is 0 Å². The van der Waals surface area contributed by atoms with Crippen LogP contribution in [0.4, 0.5) is 0 Å². The lowest BCUT2D eigenvalue weighted by molar-refractivity contribution is 0.0563. The summed E-state index contributed by atoms with van der Waals surface area (Å²) in [6.07, 6.45) is 0. The molecule has 0 saturated carbocycles. The Balaban J connectivity index is 1.69. The topological polar surface area (TPSA) is 78.9 Å². The molecule has 0 aliphatic heterocycles. The lowest BCUT2D eigenvalue weighted by Crippen LogP contribution is -2.02. The molecular formula is C24H20O6. The standard InChI is InChI=1S/C24H20O6/c1-14-20(28-13-17-11-21(24(26)27-3)29-15(17)2)10-9-18-19(12-22(25)30-23(14)18)16-7-5-4-6-8-16/h4-12H,13H2,1-3H3. The Bertz CT molecular complexity index is 1280. The molecule has 0 spiro atoms. The van der Waals surface area contributed by atoms with E-state index in [9.17, 15) is 9.59 Å². The fourth-order valence-electron chi connectivity index (χ4n) is 3.38. The highest BCUT2D eigenvalue weighted by atomic mass is 16.5. The Kier molecular flexibility index (Phi) is 5.14. The molecule has 2 heterocycles. The van der Waals surface area contributed by atoms with Crippen LogP contribution in [0.5, 0.6) is 5.75 Å². The van der Waals surface area contributed by atoms with Crippen LogP contribution in [-0.4, -0.2) is 13.1 Å². The quantitative estimate of drug-likeness (QED) is 0.343.